The fourth-order valence-corrected chi connectivity index (χ4v) is 6.44. The van der Waals surface area contributed by atoms with Crippen molar-refractivity contribution in [1.82, 2.24) is 0 Å². The lowest BCUT2D eigenvalue weighted by Crippen LogP contribution is -2.30. The fourth-order valence-electron chi connectivity index (χ4n) is 6.44. The van der Waals surface area contributed by atoms with Crippen molar-refractivity contribution in [3.8, 4) is 0 Å². The molecule has 0 aliphatic carbocycles. The van der Waals surface area contributed by atoms with Crippen LogP contribution in [0.2, 0.25) is 0 Å². The van der Waals surface area contributed by atoms with Gasteiger partial charge in [-0.25, -0.2) is 0 Å². The largest absolute Gasteiger partial charge is 0.462 e. The van der Waals surface area contributed by atoms with Gasteiger partial charge in [-0.15, -0.1) is 0 Å². The lowest BCUT2D eigenvalue weighted by Gasteiger charge is -2.18. The number of hydrogen-bond donors (Lipinski definition) is 0. The van der Waals surface area contributed by atoms with Crippen molar-refractivity contribution < 1.29 is 28.6 Å². The summed E-state index contributed by atoms with van der Waals surface area (Å²) >= 11 is 0. The van der Waals surface area contributed by atoms with E-state index in [1.165, 1.54) is 38.5 Å². The van der Waals surface area contributed by atoms with E-state index in [9.17, 15) is 14.4 Å². The molecule has 0 spiro atoms. The highest BCUT2D eigenvalue weighted by molar-refractivity contribution is 5.71. The average Bonchev–Trinajstić information content (AvgIpc) is 3.33. The van der Waals surface area contributed by atoms with Crippen molar-refractivity contribution in [2.24, 2.45) is 0 Å². The first-order valence-electron chi connectivity index (χ1n) is 26.1. The van der Waals surface area contributed by atoms with Gasteiger partial charge in [0.05, 0.1) is 0 Å². The van der Waals surface area contributed by atoms with Crippen LogP contribution in [0, 0.1) is 0 Å². The van der Waals surface area contributed by atoms with Crippen LogP contribution >= 0.6 is 0 Å². The van der Waals surface area contributed by atoms with Crippen LogP contribution in [0.25, 0.3) is 0 Å². The zero-order valence-electron chi connectivity index (χ0n) is 42.3. The minimum Gasteiger partial charge on any atom is -0.462 e. The molecule has 1 atom stereocenters. The number of ether oxygens (including phenoxy) is 3. The Bertz CT molecular complexity index is 1570. The summed E-state index contributed by atoms with van der Waals surface area (Å²) in [5.41, 5.74) is 0. The summed E-state index contributed by atoms with van der Waals surface area (Å²) in [5.74, 6) is -1.02. The van der Waals surface area contributed by atoms with Gasteiger partial charge in [-0.2, -0.15) is 0 Å². The molecule has 0 radical (unpaired) electrons. The number of hydrogen-bond acceptors (Lipinski definition) is 6. The van der Waals surface area contributed by atoms with E-state index in [-0.39, 0.29) is 37.5 Å². The van der Waals surface area contributed by atoms with Crippen molar-refractivity contribution in [3.05, 3.63) is 158 Å². The standard InChI is InChI=1S/C61H92O6/c1-4-7-10-13-16-19-22-25-27-29-30-32-33-36-39-42-45-48-51-54-60(63)66-57-58(56-65-59(62)53-50-47-44-41-38-35-24-21-18-15-12-9-6-3)67-61(64)55-52-49-46-43-40-37-34-31-28-26-23-20-17-14-11-8-5-2/h7-12,14-21,23-28,31,34-35,37-38,40,58H,4-6,13,22,29-30,32-33,36,39,41-57H2,1-3H3/b10-7+,11-8+,12-9+,17-14+,18-15+,19-16+,23-20+,24-21+,27-25+,28-26+,34-31+,38-35+,40-37+. The summed E-state index contributed by atoms with van der Waals surface area (Å²) in [6.45, 7) is 6.14. The summed E-state index contributed by atoms with van der Waals surface area (Å²) in [4.78, 5) is 38.0. The monoisotopic (exact) mass is 921 g/mol. The Morgan fingerprint density at radius 2 is 0.612 bits per heavy atom. The molecule has 0 aliphatic heterocycles. The number of allylic oxidation sites excluding steroid dienone is 26. The van der Waals surface area contributed by atoms with Gasteiger partial charge in [0.15, 0.2) is 6.10 Å². The number of esters is 3. The van der Waals surface area contributed by atoms with E-state index in [0.717, 1.165) is 103 Å². The van der Waals surface area contributed by atoms with Crippen LogP contribution in [0.1, 0.15) is 188 Å². The molecule has 0 saturated heterocycles. The molecule has 0 bridgehead atoms. The van der Waals surface area contributed by atoms with Gasteiger partial charge in [0.25, 0.3) is 0 Å². The maximum atomic E-state index is 12.8. The van der Waals surface area contributed by atoms with Gasteiger partial charge in [0.1, 0.15) is 13.2 Å². The van der Waals surface area contributed by atoms with Gasteiger partial charge in [-0.05, 0) is 89.9 Å². The molecule has 0 saturated carbocycles. The van der Waals surface area contributed by atoms with Crippen molar-refractivity contribution in [3.63, 3.8) is 0 Å². The molecule has 0 heterocycles. The first-order chi connectivity index (χ1) is 33.0. The molecule has 0 amide bonds. The third-order valence-corrected chi connectivity index (χ3v) is 10.3. The average molecular weight is 921 g/mol. The molecule has 0 N–H and O–H groups in total. The Morgan fingerprint density at radius 1 is 0.313 bits per heavy atom. The highest BCUT2D eigenvalue weighted by Crippen LogP contribution is 2.13. The second-order valence-corrected chi connectivity index (χ2v) is 16.5. The third-order valence-electron chi connectivity index (χ3n) is 10.3. The normalized spacial score (nSPS) is 13.4. The summed E-state index contributed by atoms with van der Waals surface area (Å²) in [7, 11) is 0. The lowest BCUT2D eigenvalue weighted by atomic mass is 10.1. The molecule has 0 aromatic heterocycles. The van der Waals surface area contributed by atoms with Gasteiger partial charge in [0, 0.05) is 19.3 Å². The quantitative estimate of drug-likeness (QED) is 0.0199. The SMILES string of the molecule is CC/C=C/C=C/C=C/C=C/C=C/C=C/CCCCCC(=O)OC(COC(=O)CCCCC/C=C/C=C/C=C/C=C/CC)COC(=O)CCCCCCCCCCC/C=C/C/C=C/C/C=C/CC. The minimum absolute atomic E-state index is 0.120. The summed E-state index contributed by atoms with van der Waals surface area (Å²) in [6.07, 6.45) is 78.0. The molecule has 6 nitrogen and oxygen atoms in total. The van der Waals surface area contributed by atoms with Gasteiger partial charge < -0.3 is 14.2 Å². The highest BCUT2D eigenvalue weighted by atomic mass is 16.6. The van der Waals surface area contributed by atoms with Gasteiger partial charge >= 0.3 is 17.9 Å². The van der Waals surface area contributed by atoms with Gasteiger partial charge in [-0.3, -0.25) is 14.4 Å². The van der Waals surface area contributed by atoms with Crippen LogP contribution in [0.15, 0.2) is 158 Å². The van der Waals surface area contributed by atoms with Crippen LogP contribution < -0.4 is 0 Å². The Hall–Kier alpha value is -4.97. The van der Waals surface area contributed by atoms with Crippen molar-refractivity contribution in [1.29, 1.82) is 0 Å². The van der Waals surface area contributed by atoms with Crippen LogP contribution in [0.4, 0.5) is 0 Å². The Labute approximate surface area is 409 Å². The summed E-state index contributed by atoms with van der Waals surface area (Å²) < 4.78 is 16.7. The number of unbranched alkanes of at least 4 members (excludes halogenated alkanes) is 15. The molecular formula is C61H92O6. The second kappa shape index (κ2) is 53.6. The molecule has 1 unspecified atom stereocenters. The second-order valence-electron chi connectivity index (χ2n) is 16.5. The first kappa shape index (κ1) is 62.0. The van der Waals surface area contributed by atoms with Crippen molar-refractivity contribution in [2.75, 3.05) is 13.2 Å². The maximum absolute atomic E-state index is 12.8. The van der Waals surface area contributed by atoms with E-state index in [0.29, 0.717) is 19.3 Å². The number of carbonyl (C=O) groups excluding carboxylic acids is 3. The highest BCUT2D eigenvalue weighted by Gasteiger charge is 2.19. The molecule has 6 heteroatoms. The Kier molecular flexibility index (Phi) is 49.7. The van der Waals surface area contributed by atoms with Crippen molar-refractivity contribution in [2.45, 2.75) is 194 Å². The number of carbonyl (C=O) groups is 3. The zero-order chi connectivity index (χ0) is 48.6. The van der Waals surface area contributed by atoms with Gasteiger partial charge in [0.2, 0.25) is 0 Å². The van der Waals surface area contributed by atoms with E-state index in [4.69, 9.17) is 14.2 Å². The van der Waals surface area contributed by atoms with E-state index in [1.807, 2.05) is 97.2 Å². The van der Waals surface area contributed by atoms with Crippen LogP contribution in [0.5, 0.6) is 0 Å². The first-order valence-corrected chi connectivity index (χ1v) is 26.1. The molecule has 0 aromatic carbocycles. The smallest absolute Gasteiger partial charge is 0.306 e. The third kappa shape index (κ3) is 51.9. The molecule has 0 fully saturated rings. The molecule has 0 rings (SSSR count). The molecule has 372 valence electrons. The zero-order valence-corrected chi connectivity index (χ0v) is 42.3. The number of rotatable bonds is 44. The maximum Gasteiger partial charge on any atom is 0.306 e. The van der Waals surface area contributed by atoms with Crippen LogP contribution in [0.3, 0.4) is 0 Å². The summed E-state index contributed by atoms with van der Waals surface area (Å²) in [6, 6.07) is 0. The van der Waals surface area contributed by atoms with E-state index in [1.54, 1.807) is 0 Å². The predicted molar refractivity (Wildman–Crippen MR) is 288 cm³/mol. The minimum atomic E-state index is -0.828. The Morgan fingerprint density at radius 3 is 1.03 bits per heavy atom. The van der Waals surface area contributed by atoms with E-state index in [2.05, 4.69) is 81.5 Å². The Balaban J connectivity index is 4.55. The molecular weight excluding hydrogens is 829 g/mol. The lowest BCUT2D eigenvalue weighted by molar-refractivity contribution is -0.167. The fraction of sp³-hybridized carbons (Fsp3) is 0.525. The van der Waals surface area contributed by atoms with E-state index < -0.39 is 6.10 Å². The molecule has 0 aliphatic rings. The summed E-state index contributed by atoms with van der Waals surface area (Å²) in [5, 5.41) is 0. The topological polar surface area (TPSA) is 78.9 Å². The van der Waals surface area contributed by atoms with Crippen molar-refractivity contribution >= 4 is 17.9 Å². The molecule has 67 heavy (non-hydrogen) atoms. The van der Waals surface area contributed by atoms with Crippen LogP contribution in [-0.4, -0.2) is 37.2 Å². The van der Waals surface area contributed by atoms with Crippen LogP contribution in [-0.2, 0) is 28.6 Å². The van der Waals surface area contributed by atoms with Gasteiger partial charge in [-0.1, -0.05) is 237 Å². The van der Waals surface area contributed by atoms with E-state index >= 15 is 0 Å². The molecule has 0 aromatic rings. The predicted octanol–water partition coefficient (Wildman–Crippen LogP) is 17.4.